The first kappa shape index (κ1) is 35.7. The van der Waals surface area contributed by atoms with E-state index in [9.17, 15) is 18.0 Å². The van der Waals surface area contributed by atoms with Crippen LogP contribution >= 0.6 is 12.4 Å². The molecule has 258 valence electrons. The van der Waals surface area contributed by atoms with Crippen LogP contribution in [-0.2, 0) is 32.7 Å². The van der Waals surface area contributed by atoms with Gasteiger partial charge in [0.15, 0.2) is 0 Å². The van der Waals surface area contributed by atoms with E-state index in [-0.39, 0.29) is 30.1 Å². The predicted molar refractivity (Wildman–Crippen MR) is 191 cm³/mol. The molecule has 2 amide bonds. The fraction of sp³-hybridized carbons (Fsp3) is 0.459. The van der Waals surface area contributed by atoms with Gasteiger partial charge in [0.05, 0.1) is 6.26 Å². The number of sulfonamides is 1. The summed E-state index contributed by atoms with van der Waals surface area (Å²) >= 11 is 0. The number of amides is 2. The molecule has 1 saturated carbocycles. The maximum Gasteiger partial charge on any atom is 0.246 e. The first-order chi connectivity index (χ1) is 22.7. The van der Waals surface area contributed by atoms with Gasteiger partial charge in [-0.05, 0) is 91.7 Å². The second-order valence-electron chi connectivity index (χ2n) is 13.5. The highest BCUT2D eigenvalue weighted by Gasteiger charge is 2.45. The van der Waals surface area contributed by atoms with E-state index in [1.54, 1.807) is 24.3 Å². The van der Waals surface area contributed by atoms with Crippen LogP contribution in [0.1, 0.15) is 62.5 Å². The predicted octanol–water partition coefficient (Wildman–Crippen LogP) is 6.35. The van der Waals surface area contributed by atoms with Crippen LogP contribution in [0.3, 0.4) is 0 Å². The smallest absolute Gasteiger partial charge is 0.246 e. The summed E-state index contributed by atoms with van der Waals surface area (Å²) in [6.07, 6.45) is 9.58. The minimum Gasteiger partial charge on any atom is -0.457 e. The number of hydrogen-bond acceptors (Lipinski definition) is 6. The Bertz CT molecular complexity index is 1610. The van der Waals surface area contributed by atoms with Crippen molar-refractivity contribution in [2.75, 3.05) is 24.1 Å². The lowest BCUT2D eigenvalue weighted by Crippen LogP contribution is -2.65. The van der Waals surface area contributed by atoms with E-state index in [0.717, 1.165) is 63.6 Å². The van der Waals surface area contributed by atoms with Crippen molar-refractivity contribution in [3.63, 3.8) is 0 Å². The van der Waals surface area contributed by atoms with Crippen LogP contribution < -0.4 is 14.8 Å². The number of hydrogen-bond donors (Lipinski definition) is 2. The Kier molecular flexibility index (Phi) is 12.0. The number of piperazine rings is 1. The third-order valence-corrected chi connectivity index (χ3v) is 10.4. The molecule has 0 aromatic heterocycles. The summed E-state index contributed by atoms with van der Waals surface area (Å²) in [5, 5.41) is 3.18. The zero-order valence-corrected chi connectivity index (χ0v) is 29.2. The largest absolute Gasteiger partial charge is 0.457 e. The lowest BCUT2D eigenvalue weighted by Gasteiger charge is -2.45. The summed E-state index contributed by atoms with van der Waals surface area (Å²) in [6, 6.07) is 24.0. The van der Waals surface area contributed by atoms with E-state index in [1.807, 2.05) is 47.4 Å². The number of nitrogens with zero attached hydrogens (tertiary/aromatic N) is 2. The van der Waals surface area contributed by atoms with Crippen molar-refractivity contribution < 1.29 is 22.7 Å². The molecule has 0 unspecified atom stereocenters. The number of nitrogens with one attached hydrogen (secondary N) is 2. The molecule has 2 heterocycles. The van der Waals surface area contributed by atoms with Crippen molar-refractivity contribution in [1.29, 1.82) is 0 Å². The molecule has 2 atom stereocenters. The molecule has 3 aromatic rings. The lowest BCUT2D eigenvalue weighted by atomic mass is 9.82. The Morgan fingerprint density at radius 3 is 2.02 bits per heavy atom. The number of rotatable bonds is 11. The van der Waals surface area contributed by atoms with Crippen LogP contribution in [0.5, 0.6) is 11.5 Å². The van der Waals surface area contributed by atoms with Gasteiger partial charge in [0.25, 0.3) is 0 Å². The molecule has 2 N–H and O–H groups in total. The fourth-order valence-corrected chi connectivity index (χ4v) is 7.99. The molecule has 3 aliphatic rings. The second kappa shape index (κ2) is 16.2. The number of piperidine rings is 1. The molecule has 6 rings (SSSR count). The zero-order chi connectivity index (χ0) is 32.8. The van der Waals surface area contributed by atoms with Crippen LogP contribution in [0.2, 0.25) is 0 Å². The maximum absolute atomic E-state index is 14.0. The molecule has 3 fully saturated rings. The van der Waals surface area contributed by atoms with Crippen molar-refractivity contribution in [3.8, 4) is 11.5 Å². The van der Waals surface area contributed by atoms with E-state index in [1.165, 1.54) is 24.8 Å². The lowest BCUT2D eigenvalue weighted by molar-refractivity contribution is -0.154. The number of ether oxygens (including phenoxy) is 1. The van der Waals surface area contributed by atoms with E-state index in [2.05, 4.69) is 27.1 Å². The zero-order valence-electron chi connectivity index (χ0n) is 27.6. The Labute approximate surface area is 290 Å². The quantitative estimate of drug-likeness (QED) is 0.242. The van der Waals surface area contributed by atoms with Crippen LogP contribution in [0, 0.1) is 11.8 Å². The molecule has 2 saturated heterocycles. The number of anilines is 1. The van der Waals surface area contributed by atoms with Gasteiger partial charge in [-0.25, -0.2) is 8.42 Å². The molecule has 1 aliphatic carbocycles. The summed E-state index contributed by atoms with van der Waals surface area (Å²) in [7, 11) is -3.33. The summed E-state index contributed by atoms with van der Waals surface area (Å²) in [5.74, 6) is 2.03. The first-order valence-corrected chi connectivity index (χ1v) is 18.8. The minimum atomic E-state index is -3.33. The van der Waals surface area contributed by atoms with Crippen molar-refractivity contribution >= 4 is 39.9 Å². The summed E-state index contributed by atoms with van der Waals surface area (Å²) < 4.78 is 31.3. The molecular formula is C37H47ClN4O5S. The first-order valence-electron chi connectivity index (χ1n) is 16.9. The molecule has 48 heavy (non-hydrogen) atoms. The average Bonchev–Trinajstić information content (AvgIpc) is 3.06. The van der Waals surface area contributed by atoms with Gasteiger partial charge in [-0.1, -0.05) is 74.6 Å². The normalized spacial score (nSPS) is 21.3. The van der Waals surface area contributed by atoms with Gasteiger partial charge < -0.3 is 15.0 Å². The van der Waals surface area contributed by atoms with E-state index >= 15 is 0 Å². The SMILES string of the molecule is CS(=O)(=O)Nc1ccc(Oc2ccc(CN3CCC([C@H]4C(=O)N[C@@H](CC5CCCCC5)C(=O)N4Cc4ccccc4)CC3)cc2)cc1.Cl. The highest BCUT2D eigenvalue weighted by molar-refractivity contribution is 7.92. The van der Waals surface area contributed by atoms with Gasteiger partial charge in [0.1, 0.15) is 23.6 Å². The number of halogens is 1. The maximum atomic E-state index is 14.0. The third kappa shape index (κ3) is 9.51. The monoisotopic (exact) mass is 694 g/mol. The standard InChI is InChI=1S/C37H46N4O5S.ClH/c1-47(44,45)39-31-14-18-33(19-15-31)46-32-16-12-29(13-17-32)25-40-22-20-30(21-23-40)35-36(42)38-34(24-27-8-4-2-5-9-27)37(43)41(35)26-28-10-6-3-7-11-28;/h3,6-7,10-19,27,30,34-35,39H,2,4-5,8-9,20-26H2,1H3,(H,38,42);1H/t34-,35-;/m0./s1. The number of carbonyl (C=O) groups is 2. The molecule has 3 aromatic carbocycles. The highest BCUT2D eigenvalue weighted by atomic mass is 35.5. The van der Waals surface area contributed by atoms with Gasteiger partial charge in [-0.15, -0.1) is 12.4 Å². The Morgan fingerprint density at radius 1 is 0.792 bits per heavy atom. The third-order valence-electron chi connectivity index (χ3n) is 9.79. The van der Waals surface area contributed by atoms with Crippen LogP contribution in [-0.4, -0.2) is 61.5 Å². The summed E-state index contributed by atoms with van der Waals surface area (Å²) in [4.78, 5) is 32.0. The van der Waals surface area contributed by atoms with Crippen LogP contribution in [0.15, 0.2) is 78.9 Å². The van der Waals surface area contributed by atoms with Gasteiger partial charge in [0, 0.05) is 18.8 Å². The molecular weight excluding hydrogens is 648 g/mol. The molecule has 0 bridgehead atoms. The molecule has 0 radical (unpaired) electrons. The second-order valence-corrected chi connectivity index (χ2v) is 15.2. The topological polar surface area (TPSA) is 108 Å². The molecule has 9 nitrogen and oxygen atoms in total. The molecule has 11 heteroatoms. The molecule has 2 aliphatic heterocycles. The van der Waals surface area contributed by atoms with Crippen LogP contribution in [0.4, 0.5) is 5.69 Å². The summed E-state index contributed by atoms with van der Waals surface area (Å²) in [5.41, 5.74) is 2.71. The van der Waals surface area contributed by atoms with Crippen molar-refractivity contribution in [3.05, 3.63) is 90.0 Å². The van der Waals surface area contributed by atoms with E-state index in [4.69, 9.17) is 4.74 Å². The van der Waals surface area contributed by atoms with Crippen LogP contribution in [0.25, 0.3) is 0 Å². The van der Waals surface area contributed by atoms with E-state index in [0.29, 0.717) is 29.6 Å². The van der Waals surface area contributed by atoms with E-state index < -0.39 is 22.1 Å². The Hall–Kier alpha value is -3.60. The fourth-order valence-electron chi connectivity index (χ4n) is 7.43. The van der Waals surface area contributed by atoms with Gasteiger partial charge in [-0.2, -0.15) is 0 Å². The van der Waals surface area contributed by atoms with Crippen molar-refractivity contribution in [2.24, 2.45) is 11.8 Å². The number of carbonyl (C=O) groups excluding carboxylic acids is 2. The van der Waals surface area contributed by atoms with Gasteiger partial charge in [0.2, 0.25) is 21.8 Å². The van der Waals surface area contributed by atoms with Crippen molar-refractivity contribution in [1.82, 2.24) is 15.1 Å². The number of likely N-dealkylation sites (tertiary alicyclic amines) is 1. The minimum absolute atomic E-state index is 0. The average molecular weight is 695 g/mol. The number of benzene rings is 3. The Morgan fingerprint density at radius 2 is 1.40 bits per heavy atom. The van der Waals surface area contributed by atoms with Gasteiger partial charge in [-0.3, -0.25) is 19.2 Å². The Balaban J connectivity index is 0.00000451. The summed E-state index contributed by atoms with van der Waals surface area (Å²) in [6.45, 7) is 2.99. The highest BCUT2D eigenvalue weighted by Crippen LogP contribution is 2.33. The van der Waals surface area contributed by atoms with Gasteiger partial charge >= 0.3 is 0 Å². The van der Waals surface area contributed by atoms with Crippen molar-refractivity contribution in [2.45, 2.75) is 76.5 Å². The molecule has 0 spiro atoms.